The second-order valence-corrected chi connectivity index (χ2v) is 5.92. The molecule has 3 rings (SSSR count). The average molecular weight is 342 g/mol. The molecule has 0 saturated carbocycles. The van der Waals surface area contributed by atoms with E-state index >= 15 is 0 Å². The highest BCUT2D eigenvalue weighted by Crippen LogP contribution is 2.28. The van der Waals surface area contributed by atoms with Gasteiger partial charge in [0, 0.05) is 0 Å². The molecule has 2 N–H and O–H groups in total. The van der Waals surface area contributed by atoms with Gasteiger partial charge in [0.05, 0.1) is 16.2 Å². The lowest BCUT2D eigenvalue weighted by Crippen LogP contribution is -2.19. The molecule has 0 spiro atoms. The number of rotatable bonds is 3. The van der Waals surface area contributed by atoms with Gasteiger partial charge in [0.25, 0.3) is 5.91 Å². The number of aliphatic imine (C=N–C) groups is 1. The van der Waals surface area contributed by atoms with Gasteiger partial charge in [-0.15, -0.1) is 0 Å². The Labute approximate surface area is 140 Å². The number of amidine groups is 1. The standard InChI is InChI=1S/C17H11FN2O3S/c18-12-5-7-13(8-6-12)19-17-20-15(21)14(24-17)9-10-1-3-11(4-2-10)16(22)23/h1-9H,(H,22,23)(H,19,20,21). The van der Waals surface area contributed by atoms with Crippen LogP contribution in [0.2, 0.25) is 0 Å². The first-order valence-electron chi connectivity index (χ1n) is 6.90. The molecule has 0 atom stereocenters. The van der Waals surface area contributed by atoms with Crippen molar-refractivity contribution in [1.29, 1.82) is 0 Å². The van der Waals surface area contributed by atoms with Gasteiger partial charge in [-0.05, 0) is 59.8 Å². The molecule has 1 aliphatic rings. The SMILES string of the molecule is O=C1NC(=Nc2ccc(F)cc2)SC1=Cc1ccc(C(=O)O)cc1. The van der Waals surface area contributed by atoms with Gasteiger partial charge in [-0.25, -0.2) is 14.2 Å². The second-order valence-electron chi connectivity index (χ2n) is 4.89. The van der Waals surface area contributed by atoms with Crippen LogP contribution in [0.25, 0.3) is 6.08 Å². The van der Waals surface area contributed by atoms with Crippen LogP contribution in [-0.2, 0) is 4.79 Å². The molecule has 5 nitrogen and oxygen atoms in total. The van der Waals surface area contributed by atoms with Crippen molar-refractivity contribution in [3.05, 3.63) is 70.4 Å². The van der Waals surface area contributed by atoms with E-state index in [0.29, 0.717) is 21.3 Å². The first kappa shape index (κ1) is 15.9. The zero-order valence-corrected chi connectivity index (χ0v) is 13.0. The number of thioether (sulfide) groups is 1. The van der Waals surface area contributed by atoms with Gasteiger partial charge in [0.15, 0.2) is 5.17 Å². The Morgan fingerprint density at radius 2 is 1.79 bits per heavy atom. The highest BCUT2D eigenvalue weighted by Gasteiger charge is 2.23. The van der Waals surface area contributed by atoms with E-state index in [1.54, 1.807) is 18.2 Å². The quantitative estimate of drug-likeness (QED) is 0.838. The first-order chi connectivity index (χ1) is 11.5. The summed E-state index contributed by atoms with van der Waals surface area (Å²) >= 11 is 1.16. The molecule has 0 aliphatic carbocycles. The molecular weight excluding hydrogens is 331 g/mol. The lowest BCUT2D eigenvalue weighted by molar-refractivity contribution is -0.115. The van der Waals surface area contributed by atoms with E-state index in [-0.39, 0.29) is 17.3 Å². The molecule has 1 aliphatic heterocycles. The number of amides is 1. The smallest absolute Gasteiger partial charge is 0.335 e. The first-order valence-corrected chi connectivity index (χ1v) is 7.71. The van der Waals surface area contributed by atoms with Gasteiger partial charge in [0.1, 0.15) is 5.82 Å². The normalized spacial score (nSPS) is 17.3. The molecule has 0 bridgehead atoms. The van der Waals surface area contributed by atoms with Crippen molar-refractivity contribution in [2.24, 2.45) is 4.99 Å². The topological polar surface area (TPSA) is 78.8 Å². The number of hydrogen-bond acceptors (Lipinski definition) is 4. The molecule has 7 heteroatoms. The Kier molecular flexibility index (Phi) is 4.43. The van der Waals surface area contributed by atoms with Crippen LogP contribution in [-0.4, -0.2) is 22.2 Å². The Morgan fingerprint density at radius 1 is 1.12 bits per heavy atom. The van der Waals surface area contributed by atoms with Crippen LogP contribution in [0.1, 0.15) is 15.9 Å². The monoisotopic (exact) mass is 342 g/mol. The van der Waals surface area contributed by atoms with Crippen LogP contribution in [0.4, 0.5) is 10.1 Å². The van der Waals surface area contributed by atoms with E-state index in [2.05, 4.69) is 10.3 Å². The number of carbonyl (C=O) groups is 2. The van der Waals surface area contributed by atoms with Crippen LogP contribution >= 0.6 is 11.8 Å². The summed E-state index contributed by atoms with van der Waals surface area (Å²) in [5.41, 5.74) is 1.42. The molecule has 1 heterocycles. The second kappa shape index (κ2) is 6.67. The van der Waals surface area contributed by atoms with Crippen LogP contribution in [0.5, 0.6) is 0 Å². The summed E-state index contributed by atoms with van der Waals surface area (Å²) in [5.74, 6) is -1.65. The minimum absolute atomic E-state index is 0.180. The summed E-state index contributed by atoms with van der Waals surface area (Å²) in [4.78, 5) is 27.5. The van der Waals surface area contributed by atoms with Crippen molar-refractivity contribution in [3.8, 4) is 0 Å². The molecule has 24 heavy (non-hydrogen) atoms. The van der Waals surface area contributed by atoms with Crippen molar-refractivity contribution >= 4 is 40.6 Å². The van der Waals surface area contributed by atoms with Crippen molar-refractivity contribution in [1.82, 2.24) is 5.32 Å². The number of hydrogen-bond donors (Lipinski definition) is 2. The zero-order chi connectivity index (χ0) is 17.1. The molecule has 1 fully saturated rings. The fraction of sp³-hybridized carbons (Fsp3) is 0. The molecule has 2 aromatic rings. The van der Waals surface area contributed by atoms with Crippen molar-refractivity contribution < 1.29 is 19.1 Å². The highest BCUT2D eigenvalue weighted by atomic mass is 32.2. The summed E-state index contributed by atoms with van der Waals surface area (Å²) in [6, 6.07) is 11.8. The molecular formula is C17H11FN2O3S. The third-order valence-corrected chi connectivity index (χ3v) is 4.07. The molecule has 0 aromatic heterocycles. The summed E-state index contributed by atoms with van der Waals surface area (Å²) in [6.07, 6.45) is 1.65. The maximum atomic E-state index is 12.9. The lowest BCUT2D eigenvalue weighted by atomic mass is 10.1. The van der Waals surface area contributed by atoms with Gasteiger partial charge < -0.3 is 10.4 Å². The summed E-state index contributed by atoms with van der Waals surface area (Å²) < 4.78 is 12.9. The number of benzene rings is 2. The molecule has 0 radical (unpaired) electrons. The Hall–Kier alpha value is -2.93. The van der Waals surface area contributed by atoms with Gasteiger partial charge in [-0.1, -0.05) is 12.1 Å². The maximum absolute atomic E-state index is 12.9. The third-order valence-electron chi connectivity index (χ3n) is 3.16. The Bertz CT molecular complexity index is 858. The molecule has 1 saturated heterocycles. The summed E-state index contributed by atoms with van der Waals surface area (Å²) in [6.45, 7) is 0. The van der Waals surface area contributed by atoms with E-state index in [1.807, 2.05) is 0 Å². The average Bonchev–Trinajstić information content (AvgIpc) is 2.89. The minimum Gasteiger partial charge on any atom is -0.478 e. The third kappa shape index (κ3) is 3.69. The van der Waals surface area contributed by atoms with Gasteiger partial charge in [-0.2, -0.15) is 0 Å². The van der Waals surface area contributed by atoms with E-state index in [4.69, 9.17) is 5.11 Å². The minimum atomic E-state index is -1.00. The molecule has 2 aromatic carbocycles. The number of nitrogens with one attached hydrogen (secondary N) is 1. The van der Waals surface area contributed by atoms with Crippen LogP contribution in [0.15, 0.2) is 58.4 Å². The lowest BCUT2D eigenvalue weighted by Gasteiger charge is -1.97. The molecule has 0 unspecified atom stereocenters. The predicted octanol–water partition coefficient (Wildman–Crippen LogP) is 3.42. The van der Waals surface area contributed by atoms with Gasteiger partial charge >= 0.3 is 5.97 Å². The van der Waals surface area contributed by atoms with Crippen molar-refractivity contribution in [2.45, 2.75) is 0 Å². The Morgan fingerprint density at radius 3 is 2.42 bits per heavy atom. The fourth-order valence-corrected chi connectivity index (χ4v) is 2.83. The molecule has 1 amide bonds. The van der Waals surface area contributed by atoms with Gasteiger partial charge in [0.2, 0.25) is 0 Å². The highest BCUT2D eigenvalue weighted by molar-refractivity contribution is 8.18. The number of carbonyl (C=O) groups excluding carboxylic acids is 1. The predicted molar refractivity (Wildman–Crippen MR) is 90.6 cm³/mol. The summed E-state index contributed by atoms with van der Waals surface area (Å²) in [5, 5.41) is 11.9. The van der Waals surface area contributed by atoms with E-state index in [9.17, 15) is 14.0 Å². The number of nitrogens with zero attached hydrogens (tertiary/aromatic N) is 1. The zero-order valence-electron chi connectivity index (χ0n) is 12.2. The molecule has 120 valence electrons. The number of halogens is 1. The summed E-state index contributed by atoms with van der Waals surface area (Å²) in [7, 11) is 0. The van der Waals surface area contributed by atoms with Crippen LogP contribution in [0.3, 0.4) is 0 Å². The number of carboxylic acid groups (broad SMARTS) is 1. The van der Waals surface area contributed by atoms with E-state index in [0.717, 1.165) is 11.8 Å². The van der Waals surface area contributed by atoms with E-state index in [1.165, 1.54) is 36.4 Å². The van der Waals surface area contributed by atoms with Crippen LogP contribution in [0, 0.1) is 5.82 Å². The van der Waals surface area contributed by atoms with Crippen LogP contribution < -0.4 is 5.32 Å². The van der Waals surface area contributed by atoms with E-state index < -0.39 is 5.97 Å². The number of carboxylic acids is 1. The largest absolute Gasteiger partial charge is 0.478 e. The van der Waals surface area contributed by atoms with Crippen molar-refractivity contribution in [2.75, 3.05) is 0 Å². The maximum Gasteiger partial charge on any atom is 0.335 e. The van der Waals surface area contributed by atoms with Crippen molar-refractivity contribution in [3.63, 3.8) is 0 Å². The fourth-order valence-electron chi connectivity index (χ4n) is 1.99. The Balaban J connectivity index is 1.79. The van der Waals surface area contributed by atoms with Gasteiger partial charge in [-0.3, -0.25) is 4.79 Å². The number of aromatic carboxylic acids is 1.